The zero-order chi connectivity index (χ0) is 12.4. The van der Waals surface area contributed by atoms with Crippen LogP contribution in [0.1, 0.15) is 17.9 Å². The number of ether oxygens (including phenoxy) is 1. The van der Waals surface area contributed by atoms with Crippen molar-refractivity contribution in [2.75, 3.05) is 26.3 Å². The molecule has 96 valence electrons. The van der Waals surface area contributed by atoms with Crippen LogP contribution in [-0.4, -0.2) is 37.2 Å². The summed E-state index contributed by atoms with van der Waals surface area (Å²) in [5.74, 6) is 0.716. The van der Waals surface area contributed by atoms with Crippen molar-refractivity contribution in [1.29, 1.82) is 0 Å². The van der Waals surface area contributed by atoms with E-state index in [1.165, 1.54) is 5.56 Å². The molecule has 18 heavy (non-hydrogen) atoms. The van der Waals surface area contributed by atoms with Gasteiger partial charge in [-0.15, -0.1) is 0 Å². The summed E-state index contributed by atoms with van der Waals surface area (Å²) in [6.45, 7) is 2.98. The van der Waals surface area contributed by atoms with E-state index in [1.807, 2.05) is 23.2 Å². The van der Waals surface area contributed by atoms with Gasteiger partial charge in [-0.3, -0.25) is 10.2 Å². The van der Waals surface area contributed by atoms with Crippen molar-refractivity contribution in [2.24, 2.45) is 5.92 Å². The van der Waals surface area contributed by atoms with Crippen LogP contribution in [0.4, 0.5) is 0 Å². The number of hydrogen-bond acceptors (Lipinski definition) is 3. The van der Waals surface area contributed by atoms with E-state index < -0.39 is 0 Å². The Hall–Kier alpha value is -1.39. The molecule has 4 heteroatoms. The Morgan fingerprint density at radius 1 is 1.22 bits per heavy atom. The number of rotatable bonds is 3. The lowest BCUT2D eigenvalue weighted by Crippen LogP contribution is -2.49. The minimum atomic E-state index is 0.148. The fourth-order valence-electron chi connectivity index (χ4n) is 2.47. The van der Waals surface area contributed by atoms with Gasteiger partial charge in [0.15, 0.2) is 0 Å². The number of carbonyl (C=O) groups excluding carboxylic acids is 1. The van der Waals surface area contributed by atoms with Crippen LogP contribution >= 0.6 is 0 Å². The third kappa shape index (κ3) is 2.54. The second kappa shape index (κ2) is 5.08. The van der Waals surface area contributed by atoms with E-state index in [4.69, 9.17) is 4.74 Å². The van der Waals surface area contributed by atoms with E-state index in [-0.39, 0.29) is 11.8 Å². The summed E-state index contributed by atoms with van der Waals surface area (Å²) in [6.07, 6.45) is 0.972. The molecule has 0 radical (unpaired) electrons. The molecule has 1 saturated carbocycles. The summed E-state index contributed by atoms with van der Waals surface area (Å²) < 4.78 is 5.25. The van der Waals surface area contributed by atoms with Crippen molar-refractivity contribution < 1.29 is 9.53 Å². The average molecular weight is 246 g/mol. The maximum Gasteiger partial charge on any atom is 0.238 e. The number of amides is 1. The number of nitrogens with zero attached hydrogens (tertiary/aromatic N) is 1. The predicted octanol–water partition coefficient (Wildman–Crippen LogP) is 1.15. The molecule has 1 aromatic carbocycles. The first-order valence-electron chi connectivity index (χ1n) is 6.53. The van der Waals surface area contributed by atoms with Crippen LogP contribution in [0.3, 0.4) is 0 Å². The number of benzene rings is 1. The largest absolute Gasteiger partial charge is 0.379 e. The number of hydrogen-bond donors (Lipinski definition) is 1. The summed E-state index contributed by atoms with van der Waals surface area (Å²) in [5, 5.41) is 1.96. The van der Waals surface area contributed by atoms with Crippen molar-refractivity contribution in [2.45, 2.75) is 12.3 Å². The Morgan fingerprint density at radius 2 is 1.94 bits per heavy atom. The van der Waals surface area contributed by atoms with Gasteiger partial charge in [-0.2, -0.15) is 0 Å². The number of carbonyl (C=O) groups is 1. The van der Waals surface area contributed by atoms with Crippen LogP contribution in [0.5, 0.6) is 0 Å². The van der Waals surface area contributed by atoms with E-state index in [0.29, 0.717) is 19.1 Å². The lowest BCUT2D eigenvalue weighted by atomic mass is 10.1. The summed E-state index contributed by atoms with van der Waals surface area (Å²) in [4.78, 5) is 12.1. The number of hydrazine groups is 1. The molecular weight excluding hydrogens is 228 g/mol. The third-order valence-corrected chi connectivity index (χ3v) is 3.63. The molecule has 2 aliphatic rings. The van der Waals surface area contributed by atoms with Crippen LogP contribution in [0, 0.1) is 5.92 Å². The molecule has 2 atom stereocenters. The molecule has 3 rings (SSSR count). The van der Waals surface area contributed by atoms with Crippen molar-refractivity contribution in [3.8, 4) is 0 Å². The summed E-state index contributed by atoms with van der Waals surface area (Å²) in [6, 6.07) is 10.3. The van der Waals surface area contributed by atoms with Gasteiger partial charge in [0.2, 0.25) is 5.91 Å². The zero-order valence-corrected chi connectivity index (χ0v) is 10.3. The molecular formula is C14H18N2O2. The lowest BCUT2D eigenvalue weighted by Gasteiger charge is -2.27. The SMILES string of the molecule is O=C(NN1CCOCC1)[C@@H]1C[C@H]1c1ccccc1. The summed E-state index contributed by atoms with van der Waals surface area (Å²) >= 11 is 0. The van der Waals surface area contributed by atoms with E-state index in [0.717, 1.165) is 19.5 Å². The second-order valence-corrected chi connectivity index (χ2v) is 4.93. The Balaban J connectivity index is 1.53. The fraction of sp³-hybridized carbons (Fsp3) is 0.500. The van der Waals surface area contributed by atoms with Gasteiger partial charge in [0.1, 0.15) is 0 Å². The van der Waals surface area contributed by atoms with Crippen LogP contribution < -0.4 is 5.43 Å². The Bertz CT molecular complexity index is 415. The lowest BCUT2D eigenvalue weighted by molar-refractivity contribution is -0.129. The van der Waals surface area contributed by atoms with Gasteiger partial charge < -0.3 is 4.74 Å². The highest BCUT2D eigenvalue weighted by atomic mass is 16.5. The zero-order valence-electron chi connectivity index (χ0n) is 10.3. The number of nitrogens with one attached hydrogen (secondary N) is 1. The van der Waals surface area contributed by atoms with E-state index in [1.54, 1.807) is 0 Å². The normalized spacial score (nSPS) is 27.8. The van der Waals surface area contributed by atoms with Crippen LogP contribution in [0.2, 0.25) is 0 Å². The molecule has 1 saturated heterocycles. The first kappa shape index (κ1) is 11.7. The predicted molar refractivity (Wildman–Crippen MR) is 67.8 cm³/mol. The smallest absolute Gasteiger partial charge is 0.238 e. The van der Waals surface area contributed by atoms with Crippen molar-refractivity contribution in [3.63, 3.8) is 0 Å². The van der Waals surface area contributed by atoms with Crippen molar-refractivity contribution in [1.82, 2.24) is 10.4 Å². The molecule has 0 bridgehead atoms. The summed E-state index contributed by atoms with van der Waals surface area (Å²) in [5.41, 5.74) is 4.27. The first-order chi connectivity index (χ1) is 8.84. The molecule has 1 aromatic rings. The Kier molecular flexibility index (Phi) is 3.30. The Labute approximate surface area is 107 Å². The molecule has 1 aliphatic carbocycles. The van der Waals surface area contributed by atoms with E-state index >= 15 is 0 Å². The standard InChI is InChI=1S/C14H18N2O2/c17-14(15-16-6-8-18-9-7-16)13-10-12(13)11-4-2-1-3-5-11/h1-5,12-13H,6-10H2,(H,15,17)/t12-,13+/m0/s1. The van der Waals surface area contributed by atoms with Gasteiger partial charge in [-0.25, -0.2) is 5.01 Å². The molecule has 2 fully saturated rings. The highest BCUT2D eigenvalue weighted by molar-refractivity contribution is 5.82. The topological polar surface area (TPSA) is 41.6 Å². The molecule has 1 N–H and O–H groups in total. The maximum absolute atomic E-state index is 12.1. The molecule has 0 unspecified atom stereocenters. The highest BCUT2D eigenvalue weighted by Gasteiger charge is 2.44. The van der Waals surface area contributed by atoms with Gasteiger partial charge in [0, 0.05) is 19.0 Å². The highest BCUT2D eigenvalue weighted by Crippen LogP contribution is 2.47. The molecule has 1 amide bonds. The monoisotopic (exact) mass is 246 g/mol. The van der Waals surface area contributed by atoms with Gasteiger partial charge in [0.05, 0.1) is 13.2 Å². The number of morpholine rings is 1. The first-order valence-corrected chi connectivity index (χ1v) is 6.53. The minimum Gasteiger partial charge on any atom is -0.379 e. The second-order valence-electron chi connectivity index (χ2n) is 4.93. The molecule has 0 spiro atoms. The van der Waals surface area contributed by atoms with E-state index in [9.17, 15) is 4.79 Å². The van der Waals surface area contributed by atoms with Crippen LogP contribution in [-0.2, 0) is 9.53 Å². The fourth-order valence-corrected chi connectivity index (χ4v) is 2.47. The van der Waals surface area contributed by atoms with Crippen LogP contribution in [0.15, 0.2) is 30.3 Å². The molecule has 0 aromatic heterocycles. The maximum atomic E-state index is 12.1. The minimum absolute atomic E-state index is 0.148. The van der Waals surface area contributed by atoms with Crippen molar-refractivity contribution in [3.05, 3.63) is 35.9 Å². The van der Waals surface area contributed by atoms with Gasteiger partial charge in [-0.1, -0.05) is 30.3 Å². The summed E-state index contributed by atoms with van der Waals surface area (Å²) in [7, 11) is 0. The van der Waals surface area contributed by atoms with Crippen LogP contribution in [0.25, 0.3) is 0 Å². The van der Waals surface area contributed by atoms with Gasteiger partial charge in [-0.05, 0) is 17.9 Å². The Morgan fingerprint density at radius 3 is 2.67 bits per heavy atom. The van der Waals surface area contributed by atoms with E-state index in [2.05, 4.69) is 17.6 Å². The van der Waals surface area contributed by atoms with Gasteiger partial charge >= 0.3 is 0 Å². The third-order valence-electron chi connectivity index (χ3n) is 3.63. The average Bonchev–Trinajstić information content (AvgIpc) is 3.21. The molecule has 1 aliphatic heterocycles. The molecule has 4 nitrogen and oxygen atoms in total. The molecule has 1 heterocycles. The van der Waals surface area contributed by atoms with Crippen molar-refractivity contribution >= 4 is 5.91 Å². The quantitative estimate of drug-likeness (QED) is 0.870. The van der Waals surface area contributed by atoms with Gasteiger partial charge in [0.25, 0.3) is 0 Å².